The van der Waals surface area contributed by atoms with E-state index in [2.05, 4.69) is 5.32 Å². The zero-order chi connectivity index (χ0) is 17.4. The summed E-state index contributed by atoms with van der Waals surface area (Å²) in [6.07, 6.45) is 0.0425. The molecule has 0 saturated carbocycles. The highest BCUT2D eigenvalue weighted by atomic mass is 35.5. The van der Waals surface area contributed by atoms with Gasteiger partial charge in [0.05, 0.1) is 17.1 Å². The largest absolute Gasteiger partial charge is 0.373 e. The smallest absolute Gasteiger partial charge is 0.256 e. The van der Waals surface area contributed by atoms with Gasteiger partial charge in [0.1, 0.15) is 11.9 Å². The third-order valence-electron chi connectivity index (χ3n) is 3.87. The molecule has 0 bridgehead atoms. The number of hydrogen-bond donors (Lipinski definition) is 1. The van der Waals surface area contributed by atoms with Crippen molar-refractivity contribution in [3.63, 3.8) is 0 Å². The Hall–Kier alpha value is -2.40. The summed E-state index contributed by atoms with van der Waals surface area (Å²) in [5.74, 6) is -1.31. The third-order valence-corrected chi connectivity index (χ3v) is 4.16. The Morgan fingerprint density at radius 3 is 2.42 bits per heavy atom. The van der Waals surface area contributed by atoms with Crippen LogP contribution in [0.2, 0.25) is 5.02 Å². The van der Waals surface area contributed by atoms with E-state index in [1.165, 1.54) is 12.1 Å². The van der Waals surface area contributed by atoms with E-state index in [1.807, 2.05) is 32.0 Å². The van der Waals surface area contributed by atoms with E-state index in [1.54, 1.807) is 0 Å². The van der Waals surface area contributed by atoms with Gasteiger partial charge in [-0.1, -0.05) is 17.7 Å². The second-order valence-electron chi connectivity index (χ2n) is 5.94. The number of amides is 2. The Balaban J connectivity index is 1.84. The lowest BCUT2D eigenvalue weighted by Crippen LogP contribution is -2.34. The Morgan fingerprint density at radius 2 is 1.79 bits per heavy atom. The minimum absolute atomic E-state index is 0.0425. The highest BCUT2D eigenvalue weighted by Crippen LogP contribution is 2.28. The number of nitrogens with one attached hydrogen (secondary N) is 1. The summed E-state index contributed by atoms with van der Waals surface area (Å²) in [6.45, 7) is 3.93. The molecular weight excluding hydrogens is 331 g/mol. The fraction of sp³-hybridized carbons (Fsp3) is 0.222. The minimum Gasteiger partial charge on any atom is -0.373 e. The Kier molecular flexibility index (Phi) is 4.28. The molecule has 1 aliphatic heterocycles. The Bertz CT molecular complexity index is 818. The molecule has 24 heavy (non-hydrogen) atoms. The van der Waals surface area contributed by atoms with Gasteiger partial charge in [-0.3, -0.25) is 9.59 Å². The number of anilines is 2. The summed E-state index contributed by atoms with van der Waals surface area (Å²) < 4.78 is 13.3. The van der Waals surface area contributed by atoms with E-state index in [0.717, 1.165) is 27.8 Å². The molecule has 1 aliphatic rings. The summed E-state index contributed by atoms with van der Waals surface area (Å²) in [5, 5.41) is 2.98. The molecule has 1 N–H and O–H groups in total. The van der Waals surface area contributed by atoms with Crippen LogP contribution in [0.25, 0.3) is 0 Å². The lowest BCUT2D eigenvalue weighted by Gasteiger charge is -2.17. The van der Waals surface area contributed by atoms with Crippen molar-refractivity contribution in [2.75, 3.05) is 10.2 Å². The number of benzene rings is 2. The molecule has 0 aliphatic carbocycles. The molecule has 2 aromatic carbocycles. The first-order chi connectivity index (χ1) is 11.3. The monoisotopic (exact) mass is 346 g/mol. The zero-order valence-corrected chi connectivity index (χ0v) is 14.0. The SMILES string of the molecule is Cc1cc(C)cc(N[C@H]2CC(=O)N(c3ccc(F)c(Cl)c3)C2=O)c1. The molecule has 0 aromatic heterocycles. The van der Waals surface area contributed by atoms with Crippen molar-refractivity contribution in [1.82, 2.24) is 0 Å². The molecule has 2 aromatic rings. The normalized spacial score (nSPS) is 17.5. The van der Waals surface area contributed by atoms with Crippen molar-refractivity contribution in [2.45, 2.75) is 26.3 Å². The first-order valence-electron chi connectivity index (χ1n) is 7.52. The fourth-order valence-electron chi connectivity index (χ4n) is 2.90. The second-order valence-corrected chi connectivity index (χ2v) is 6.35. The van der Waals surface area contributed by atoms with Gasteiger partial charge in [0.25, 0.3) is 5.91 Å². The van der Waals surface area contributed by atoms with E-state index < -0.39 is 11.9 Å². The minimum atomic E-state index is -0.650. The Labute approximate surface area is 144 Å². The van der Waals surface area contributed by atoms with Crippen LogP contribution in [0, 0.1) is 19.7 Å². The maximum absolute atomic E-state index is 13.3. The van der Waals surface area contributed by atoms with Crippen LogP contribution in [-0.2, 0) is 9.59 Å². The number of halogens is 2. The number of rotatable bonds is 3. The van der Waals surface area contributed by atoms with E-state index in [9.17, 15) is 14.0 Å². The molecule has 0 radical (unpaired) electrons. The first kappa shape index (κ1) is 16.5. The predicted molar refractivity (Wildman–Crippen MR) is 91.8 cm³/mol. The van der Waals surface area contributed by atoms with Crippen LogP contribution in [-0.4, -0.2) is 17.9 Å². The third kappa shape index (κ3) is 3.12. The van der Waals surface area contributed by atoms with Crippen LogP contribution < -0.4 is 10.2 Å². The average molecular weight is 347 g/mol. The number of imide groups is 1. The molecular formula is C18H16ClFN2O2. The molecule has 0 spiro atoms. The van der Waals surface area contributed by atoms with Crippen molar-refractivity contribution < 1.29 is 14.0 Å². The summed E-state index contributed by atoms with van der Waals surface area (Å²) in [7, 11) is 0. The van der Waals surface area contributed by atoms with Gasteiger partial charge >= 0.3 is 0 Å². The molecule has 1 saturated heterocycles. The topological polar surface area (TPSA) is 49.4 Å². The molecule has 3 rings (SSSR count). The van der Waals surface area contributed by atoms with Crippen LogP contribution >= 0.6 is 11.6 Å². The van der Waals surface area contributed by atoms with Crippen LogP contribution in [0.3, 0.4) is 0 Å². The molecule has 124 valence electrons. The predicted octanol–water partition coefficient (Wildman–Crippen LogP) is 3.84. The van der Waals surface area contributed by atoms with Crippen molar-refractivity contribution >= 4 is 34.8 Å². The van der Waals surface area contributed by atoms with Gasteiger partial charge in [-0.25, -0.2) is 9.29 Å². The maximum atomic E-state index is 13.3. The summed E-state index contributed by atoms with van der Waals surface area (Å²) >= 11 is 5.75. The van der Waals surface area contributed by atoms with Gasteiger partial charge in [-0.15, -0.1) is 0 Å². The van der Waals surface area contributed by atoms with Crippen LogP contribution in [0.4, 0.5) is 15.8 Å². The van der Waals surface area contributed by atoms with Gasteiger partial charge in [0.15, 0.2) is 0 Å². The fourth-order valence-corrected chi connectivity index (χ4v) is 3.07. The van der Waals surface area contributed by atoms with Crippen LogP contribution in [0.5, 0.6) is 0 Å². The number of hydrogen-bond acceptors (Lipinski definition) is 3. The van der Waals surface area contributed by atoms with Gasteiger partial charge in [0, 0.05) is 5.69 Å². The quantitative estimate of drug-likeness (QED) is 0.859. The lowest BCUT2D eigenvalue weighted by molar-refractivity contribution is -0.121. The highest BCUT2D eigenvalue weighted by molar-refractivity contribution is 6.31. The molecule has 4 nitrogen and oxygen atoms in total. The van der Waals surface area contributed by atoms with E-state index in [4.69, 9.17) is 11.6 Å². The molecule has 1 atom stereocenters. The number of carbonyl (C=O) groups is 2. The van der Waals surface area contributed by atoms with Crippen molar-refractivity contribution in [1.29, 1.82) is 0 Å². The molecule has 1 heterocycles. The molecule has 0 unspecified atom stereocenters. The lowest BCUT2D eigenvalue weighted by atomic mass is 10.1. The highest BCUT2D eigenvalue weighted by Gasteiger charge is 2.39. The van der Waals surface area contributed by atoms with Crippen LogP contribution in [0.15, 0.2) is 36.4 Å². The first-order valence-corrected chi connectivity index (χ1v) is 7.89. The number of aryl methyl sites for hydroxylation is 2. The average Bonchev–Trinajstić information content (AvgIpc) is 2.75. The Morgan fingerprint density at radius 1 is 1.12 bits per heavy atom. The summed E-state index contributed by atoms with van der Waals surface area (Å²) in [5.41, 5.74) is 3.20. The van der Waals surface area contributed by atoms with E-state index >= 15 is 0 Å². The zero-order valence-electron chi connectivity index (χ0n) is 13.3. The van der Waals surface area contributed by atoms with Crippen LogP contribution in [0.1, 0.15) is 17.5 Å². The van der Waals surface area contributed by atoms with E-state index in [-0.39, 0.29) is 28.9 Å². The van der Waals surface area contributed by atoms with Gasteiger partial charge in [-0.05, 0) is 55.3 Å². The van der Waals surface area contributed by atoms with Gasteiger partial charge in [0.2, 0.25) is 5.91 Å². The maximum Gasteiger partial charge on any atom is 0.256 e. The van der Waals surface area contributed by atoms with Crippen molar-refractivity contribution in [2.24, 2.45) is 0 Å². The van der Waals surface area contributed by atoms with Crippen molar-refractivity contribution in [3.8, 4) is 0 Å². The summed E-state index contributed by atoms with van der Waals surface area (Å²) in [6, 6.07) is 9.01. The summed E-state index contributed by atoms with van der Waals surface area (Å²) in [4.78, 5) is 25.9. The number of nitrogens with zero attached hydrogens (tertiary/aromatic N) is 1. The van der Waals surface area contributed by atoms with Crippen molar-refractivity contribution in [3.05, 3.63) is 58.4 Å². The molecule has 2 amide bonds. The molecule has 1 fully saturated rings. The number of carbonyl (C=O) groups excluding carboxylic acids is 2. The van der Waals surface area contributed by atoms with Gasteiger partial charge in [-0.2, -0.15) is 0 Å². The van der Waals surface area contributed by atoms with E-state index in [0.29, 0.717) is 0 Å². The standard InChI is InChI=1S/C18H16ClFN2O2/c1-10-5-11(2)7-12(6-10)21-16-9-17(23)22(18(16)24)13-3-4-15(20)14(19)8-13/h3-8,16,21H,9H2,1-2H3/t16-/m0/s1. The van der Waals surface area contributed by atoms with Gasteiger partial charge < -0.3 is 5.32 Å². The second kappa shape index (κ2) is 6.24. The molecule has 6 heteroatoms.